The molecule has 0 spiro atoms. The largest absolute Gasteiger partial charge is 0.357 e. The van der Waals surface area contributed by atoms with Crippen molar-refractivity contribution in [2.75, 3.05) is 17.2 Å². The molecule has 2 aliphatic heterocycles. The minimum Gasteiger partial charge on any atom is -0.357 e. The molecule has 0 bridgehead atoms. The number of aromatic nitrogens is 1. The molecule has 0 aliphatic carbocycles. The fourth-order valence-corrected chi connectivity index (χ4v) is 3.37. The Balaban J connectivity index is 1.46. The van der Waals surface area contributed by atoms with Gasteiger partial charge in [0.1, 0.15) is 5.69 Å². The Morgan fingerprint density at radius 3 is 2.92 bits per heavy atom. The first kappa shape index (κ1) is 16.2. The van der Waals surface area contributed by atoms with Crippen molar-refractivity contribution >= 4 is 29.2 Å². The van der Waals surface area contributed by atoms with Gasteiger partial charge in [0.15, 0.2) is 0 Å². The van der Waals surface area contributed by atoms with Crippen molar-refractivity contribution in [3.8, 4) is 0 Å². The number of urea groups is 1. The topological polar surface area (TPSA) is 115 Å². The standard InChI is InChI=1S/C18H19N5O3/c24-15-4-2-10-1-3-11(9-14(10)22-15)21-18(26)23-13-6-8-20-17(25)16-12(13)5-7-19-16/h1,3,5,7,9,13,19H,2,4,6,8H2,(H,20,25)(H,22,24)(H2,21,23,26). The third kappa shape index (κ3) is 3.13. The summed E-state index contributed by atoms with van der Waals surface area (Å²) in [7, 11) is 0. The summed E-state index contributed by atoms with van der Waals surface area (Å²) in [5.74, 6) is -0.185. The predicted molar refractivity (Wildman–Crippen MR) is 96.0 cm³/mol. The Labute approximate surface area is 149 Å². The molecular weight excluding hydrogens is 334 g/mol. The van der Waals surface area contributed by atoms with Gasteiger partial charge in [-0.15, -0.1) is 0 Å². The van der Waals surface area contributed by atoms with Gasteiger partial charge in [0, 0.05) is 36.1 Å². The van der Waals surface area contributed by atoms with Gasteiger partial charge in [-0.2, -0.15) is 0 Å². The Morgan fingerprint density at radius 1 is 1.15 bits per heavy atom. The van der Waals surface area contributed by atoms with Crippen molar-refractivity contribution in [3.63, 3.8) is 0 Å². The molecule has 1 aromatic carbocycles. The number of hydrogen-bond donors (Lipinski definition) is 5. The number of H-pyrrole nitrogens is 1. The molecular formula is C18H19N5O3. The van der Waals surface area contributed by atoms with Gasteiger partial charge in [0.05, 0.1) is 6.04 Å². The van der Waals surface area contributed by atoms with E-state index in [2.05, 4.69) is 26.3 Å². The normalized spacial score (nSPS) is 18.7. The molecule has 0 saturated heterocycles. The van der Waals surface area contributed by atoms with Crippen LogP contribution in [-0.4, -0.2) is 29.4 Å². The van der Waals surface area contributed by atoms with Crippen LogP contribution in [0.4, 0.5) is 16.2 Å². The molecule has 1 atom stereocenters. The molecule has 2 aromatic rings. The van der Waals surface area contributed by atoms with E-state index in [0.29, 0.717) is 37.2 Å². The van der Waals surface area contributed by atoms with Crippen LogP contribution in [0, 0.1) is 0 Å². The molecule has 1 aromatic heterocycles. The minimum atomic E-state index is -0.362. The lowest BCUT2D eigenvalue weighted by molar-refractivity contribution is -0.116. The zero-order valence-electron chi connectivity index (χ0n) is 14.0. The third-order valence-electron chi connectivity index (χ3n) is 4.67. The van der Waals surface area contributed by atoms with Crippen LogP contribution in [0.2, 0.25) is 0 Å². The fraction of sp³-hybridized carbons (Fsp3) is 0.278. The maximum atomic E-state index is 12.4. The van der Waals surface area contributed by atoms with Gasteiger partial charge in [-0.25, -0.2) is 4.79 Å². The molecule has 1 unspecified atom stereocenters. The van der Waals surface area contributed by atoms with Gasteiger partial charge in [0.25, 0.3) is 5.91 Å². The molecule has 8 heteroatoms. The van der Waals surface area contributed by atoms with E-state index in [-0.39, 0.29) is 23.9 Å². The van der Waals surface area contributed by atoms with E-state index < -0.39 is 0 Å². The summed E-state index contributed by atoms with van der Waals surface area (Å²) in [6.45, 7) is 0.483. The lowest BCUT2D eigenvalue weighted by atomic mass is 10.0. The third-order valence-corrected chi connectivity index (χ3v) is 4.67. The number of carbonyl (C=O) groups is 3. The van der Waals surface area contributed by atoms with E-state index in [1.54, 1.807) is 18.3 Å². The van der Waals surface area contributed by atoms with Crippen LogP contribution in [-0.2, 0) is 11.2 Å². The van der Waals surface area contributed by atoms with Crippen molar-refractivity contribution < 1.29 is 14.4 Å². The van der Waals surface area contributed by atoms with Gasteiger partial charge in [0.2, 0.25) is 5.91 Å². The number of carbonyl (C=O) groups excluding carboxylic acids is 3. The highest BCUT2D eigenvalue weighted by Gasteiger charge is 2.25. The number of fused-ring (bicyclic) bond motifs is 2. The van der Waals surface area contributed by atoms with Crippen LogP contribution in [0.5, 0.6) is 0 Å². The van der Waals surface area contributed by atoms with Gasteiger partial charge < -0.3 is 26.3 Å². The fourth-order valence-electron chi connectivity index (χ4n) is 3.37. The molecule has 8 nitrogen and oxygen atoms in total. The Bertz CT molecular complexity index is 889. The second kappa shape index (κ2) is 6.55. The van der Waals surface area contributed by atoms with Crippen LogP contribution in [0.3, 0.4) is 0 Å². The summed E-state index contributed by atoms with van der Waals surface area (Å²) >= 11 is 0. The summed E-state index contributed by atoms with van der Waals surface area (Å²) in [4.78, 5) is 38.8. The molecule has 134 valence electrons. The van der Waals surface area contributed by atoms with Gasteiger partial charge in [-0.1, -0.05) is 6.07 Å². The first-order valence-corrected chi connectivity index (χ1v) is 8.56. The van der Waals surface area contributed by atoms with Crippen molar-refractivity contribution in [1.29, 1.82) is 0 Å². The molecule has 0 fully saturated rings. The molecule has 3 heterocycles. The molecule has 4 rings (SSSR count). The molecule has 2 aliphatic rings. The van der Waals surface area contributed by atoms with Crippen LogP contribution >= 0.6 is 0 Å². The Kier molecular flexibility index (Phi) is 4.08. The summed E-state index contributed by atoms with van der Waals surface area (Å²) in [6, 6.07) is 6.65. The first-order valence-electron chi connectivity index (χ1n) is 8.56. The van der Waals surface area contributed by atoms with E-state index in [4.69, 9.17) is 0 Å². The number of nitrogens with one attached hydrogen (secondary N) is 5. The maximum absolute atomic E-state index is 12.4. The molecule has 0 saturated carbocycles. The number of benzene rings is 1. The molecule has 5 N–H and O–H groups in total. The average Bonchev–Trinajstić information content (AvgIpc) is 3.05. The summed E-state index contributed by atoms with van der Waals surface area (Å²) in [6.07, 6.45) is 3.47. The summed E-state index contributed by atoms with van der Waals surface area (Å²) in [5.41, 5.74) is 3.63. The van der Waals surface area contributed by atoms with Crippen molar-refractivity contribution in [3.05, 3.63) is 47.3 Å². The van der Waals surface area contributed by atoms with Gasteiger partial charge in [-0.05, 0) is 36.6 Å². The zero-order chi connectivity index (χ0) is 18.1. The van der Waals surface area contributed by atoms with Crippen LogP contribution in [0.15, 0.2) is 30.5 Å². The highest BCUT2D eigenvalue weighted by Crippen LogP contribution is 2.26. The van der Waals surface area contributed by atoms with Crippen LogP contribution in [0.25, 0.3) is 0 Å². The van der Waals surface area contributed by atoms with E-state index in [1.807, 2.05) is 12.1 Å². The smallest absolute Gasteiger partial charge is 0.319 e. The highest BCUT2D eigenvalue weighted by atomic mass is 16.2. The second-order valence-electron chi connectivity index (χ2n) is 6.42. The number of hydrogen-bond acceptors (Lipinski definition) is 3. The van der Waals surface area contributed by atoms with Gasteiger partial charge >= 0.3 is 6.03 Å². The quantitative estimate of drug-likeness (QED) is 0.568. The molecule has 26 heavy (non-hydrogen) atoms. The number of aromatic amines is 1. The van der Waals surface area contributed by atoms with E-state index in [9.17, 15) is 14.4 Å². The average molecular weight is 353 g/mol. The van der Waals surface area contributed by atoms with E-state index >= 15 is 0 Å². The van der Waals surface area contributed by atoms with Crippen molar-refractivity contribution in [1.82, 2.24) is 15.6 Å². The zero-order valence-corrected chi connectivity index (χ0v) is 14.0. The van der Waals surface area contributed by atoms with Crippen LogP contribution in [0.1, 0.15) is 40.5 Å². The van der Waals surface area contributed by atoms with Gasteiger partial charge in [-0.3, -0.25) is 9.59 Å². The van der Waals surface area contributed by atoms with Crippen LogP contribution < -0.4 is 21.3 Å². The highest BCUT2D eigenvalue weighted by molar-refractivity contribution is 5.97. The number of aryl methyl sites for hydroxylation is 1. The number of rotatable bonds is 2. The van der Waals surface area contributed by atoms with Crippen molar-refractivity contribution in [2.24, 2.45) is 0 Å². The first-order chi connectivity index (χ1) is 12.6. The predicted octanol–water partition coefficient (Wildman–Crippen LogP) is 1.90. The lowest BCUT2D eigenvalue weighted by Crippen LogP contribution is -2.33. The minimum absolute atomic E-state index is 0.0188. The SMILES string of the molecule is O=C1CCc2ccc(NC(=O)NC3CCNC(=O)c4[nH]ccc43)cc2N1. The molecule has 4 amide bonds. The summed E-state index contributed by atoms with van der Waals surface area (Å²) in [5, 5.41) is 11.3. The maximum Gasteiger partial charge on any atom is 0.319 e. The monoisotopic (exact) mass is 353 g/mol. The second-order valence-corrected chi connectivity index (χ2v) is 6.42. The number of amides is 4. The Hall–Kier alpha value is -3.29. The lowest BCUT2D eigenvalue weighted by Gasteiger charge is -2.19. The van der Waals surface area contributed by atoms with E-state index in [0.717, 1.165) is 16.8 Å². The number of anilines is 2. The van der Waals surface area contributed by atoms with Crippen molar-refractivity contribution in [2.45, 2.75) is 25.3 Å². The Morgan fingerprint density at radius 2 is 2.04 bits per heavy atom. The summed E-state index contributed by atoms with van der Waals surface area (Å²) < 4.78 is 0. The molecule has 0 radical (unpaired) electrons. The van der Waals surface area contributed by atoms with E-state index in [1.165, 1.54) is 0 Å².